The molecule has 0 atom stereocenters. The molecule has 19 heavy (non-hydrogen) atoms. The van der Waals surface area contributed by atoms with Crippen LogP contribution in [0.15, 0.2) is 24.3 Å². The zero-order valence-corrected chi connectivity index (χ0v) is 12.4. The smallest absolute Gasteiger partial charge is 0.229 e. The minimum atomic E-state index is -0.139. The maximum atomic E-state index is 6.21. The van der Waals surface area contributed by atoms with E-state index in [1.807, 2.05) is 28.8 Å². The highest BCUT2D eigenvalue weighted by Gasteiger charge is 2.25. The van der Waals surface area contributed by atoms with Crippen LogP contribution in [0.5, 0.6) is 0 Å². The first kappa shape index (κ1) is 14.0. The number of aromatic nitrogens is 3. The Hall–Kier alpha value is -1.39. The van der Waals surface area contributed by atoms with Gasteiger partial charge in [-0.15, -0.1) is 10.2 Å². The minimum Gasteiger partial charge on any atom is -0.380 e. The molecule has 0 saturated heterocycles. The second-order valence-corrected chi connectivity index (χ2v) is 5.78. The lowest BCUT2D eigenvalue weighted by molar-refractivity contribution is 0.184. The lowest BCUT2D eigenvalue weighted by atomic mass is 9.95. The Morgan fingerprint density at radius 3 is 2.53 bits per heavy atom. The Bertz CT molecular complexity index is 572. The third-order valence-electron chi connectivity index (χ3n) is 2.83. The number of benzene rings is 1. The van der Waals surface area contributed by atoms with Gasteiger partial charge in [-0.3, -0.25) is 4.57 Å². The Morgan fingerprint density at radius 2 is 1.89 bits per heavy atom. The molecule has 0 spiro atoms. The number of methoxy groups -OCH3 is 1. The molecule has 0 aliphatic rings. The Kier molecular flexibility index (Phi) is 3.92. The van der Waals surface area contributed by atoms with Crippen molar-refractivity contribution in [2.45, 2.75) is 32.8 Å². The van der Waals surface area contributed by atoms with E-state index < -0.39 is 0 Å². The van der Waals surface area contributed by atoms with Crippen LogP contribution in [0.2, 0.25) is 5.28 Å². The zero-order chi connectivity index (χ0) is 14.0. The summed E-state index contributed by atoms with van der Waals surface area (Å²) >= 11 is 6.21. The van der Waals surface area contributed by atoms with Crippen molar-refractivity contribution < 1.29 is 4.74 Å². The SMILES string of the molecule is COCc1ccccc1-n1c(Cl)nnc1C(C)(C)C. The fourth-order valence-electron chi connectivity index (χ4n) is 1.97. The lowest BCUT2D eigenvalue weighted by Crippen LogP contribution is -2.19. The number of rotatable bonds is 3. The van der Waals surface area contributed by atoms with Gasteiger partial charge in [-0.05, 0) is 17.7 Å². The lowest BCUT2D eigenvalue weighted by Gasteiger charge is -2.20. The summed E-state index contributed by atoms with van der Waals surface area (Å²) in [6.45, 7) is 6.78. The molecule has 4 nitrogen and oxygen atoms in total. The summed E-state index contributed by atoms with van der Waals surface area (Å²) < 4.78 is 7.12. The fraction of sp³-hybridized carbons (Fsp3) is 0.429. The van der Waals surface area contributed by atoms with Crippen molar-refractivity contribution in [1.82, 2.24) is 14.8 Å². The highest BCUT2D eigenvalue weighted by molar-refractivity contribution is 6.28. The van der Waals surface area contributed by atoms with Crippen LogP contribution < -0.4 is 0 Å². The first-order valence-electron chi connectivity index (χ1n) is 6.13. The first-order chi connectivity index (χ1) is 8.95. The molecule has 1 heterocycles. The highest BCUT2D eigenvalue weighted by Crippen LogP contribution is 2.28. The van der Waals surface area contributed by atoms with Gasteiger partial charge in [-0.2, -0.15) is 0 Å². The summed E-state index contributed by atoms with van der Waals surface area (Å²) in [6, 6.07) is 7.96. The summed E-state index contributed by atoms with van der Waals surface area (Å²) in [5.41, 5.74) is 1.88. The molecule has 5 heteroatoms. The first-order valence-corrected chi connectivity index (χ1v) is 6.51. The average molecular weight is 280 g/mol. The van der Waals surface area contributed by atoms with E-state index in [1.54, 1.807) is 7.11 Å². The molecule has 0 radical (unpaired) electrons. The predicted octanol–water partition coefficient (Wildman–Crippen LogP) is 3.36. The van der Waals surface area contributed by atoms with E-state index in [1.165, 1.54) is 0 Å². The van der Waals surface area contributed by atoms with Crippen molar-refractivity contribution in [2.75, 3.05) is 7.11 Å². The fourth-order valence-corrected chi connectivity index (χ4v) is 2.18. The predicted molar refractivity (Wildman–Crippen MR) is 75.8 cm³/mol. The van der Waals surface area contributed by atoms with Crippen molar-refractivity contribution in [3.8, 4) is 5.69 Å². The molecular formula is C14H18ClN3O. The quantitative estimate of drug-likeness (QED) is 0.865. The number of nitrogens with zero attached hydrogens (tertiary/aromatic N) is 3. The van der Waals surface area contributed by atoms with Gasteiger partial charge in [0, 0.05) is 18.1 Å². The second-order valence-electron chi connectivity index (χ2n) is 5.44. The van der Waals surface area contributed by atoms with E-state index in [9.17, 15) is 0 Å². The number of para-hydroxylation sites is 1. The van der Waals surface area contributed by atoms with Crippen molar-refractivity contribution >= 4 is 11.6 Å². The Labute approximate surface area is 118 Å². The molecule has 0 aliphatic heterocycles. The number of halogens is 1. The van der Waals surface area contributed by atoms with E-state index >= 15 is 0 Å². The number of ether oxygens (including phenoxy) is 1. The van der Waals surface area contributed by atoms with Crippen LogP contribution in [0.1, 0.15) is 32.2 Å². The highest BCUT2D eigenvalue weighted by atomic mass is 35.5. The summed E-state index contributed by atoms with van der Waals surface area (Å²) in [5, 5.41) is 8.57. The third kappa shape index (κ3) is 2.80. The van der Waals surface area contributed by atoms with Crippen LogP contribution in [0, 0.1) is 0 Å². The topological polar surface area (TPSA) is 39.9 Å². The zero-order valence-electron chi connectivity index (χ0n) is 11.6. The van der Waals surface area contributed by atoms with Gasteiger partial charge in [-0.1, -0.05) is 39.0 Å². The normalized spacial score (nSPS) is 11.8. The molecule has 0 fully saturated rings. The summed E-state index contributed by atoms with van der Waals surface area (Å²) in [4.78, 5) is 0. The van der Waals surface area contributed by atoms with Gasteiger partial charge in [-0.25, -0.2) is 0 Å². The molecule has 1 aromatic carbocycles. The summed E-state index contributed by atoms with van der Waals surface area (Å²) in [7, 11) is 1.68. The van der Waals surface area contributed by atoms with E-state index in [-0.39, 0.29) is 5.41 Å². The van der Waals surface area contributed by atoms with Gasteiger partial charge in [0.15, 0.2) is 0 Å². The number of hydrogen-bond donors (Lipinski definition) is 0. The molecule has 0 N–H and O–H groups in total. The van der Waals surface area contributed by atoms with Crippen molar-refractivity contribution in [3.63, 3.8) is 0 Å². The van der Waals surface area contributed by atoms with Crippen molar-refractivity contribution in [2.24, 2.45) is 0 Å². The van der Waals surface area contributed by atoms with Gasteiger partial charge in [0.2, 0.25) is 5.28 Å². The van der Waals surface area contributed by atoms with Crippen molar-refractivity contribution in [1.29, 1.82) is 0 Å². The Balaban J connectivity index is 2.62. The van der Waals surface area contributed by atoms with E-state index in [2.05, 4.69) is 31.0 Å². The molecule has 0 amide bonds. The van der Waals surface area contributed by atoms with Gasteiger partial charge in [0.1, 0.15) is 5.82 Å². The molecule has 0 unspecified atom stereocenters. The molecule has 2 aromatic rings. The van der Waals surface area contributed by atoms with Crippen LogP contribution in [0.25, 0.3) is 5.69 Å². The average Bonchev–Trinajstić information content (AvgIpc) is 2.72. The Morgan fingerprint density at radius 1 is 1.21 bits per heavy atom. The molecule has 102 valence electrons. The van der Waals surface area contributed by atoms with Crippen LogP contribution >= 0.6 is 11.6 Å². The monoisotopic (exact) mass is 279 g/mol. The van der Waals surface area contributed by atoms with E-state index in [0.717, 1.165) is 17.1 Å². The van der Waals surface area contributed by atoms with Crippen LogP contribution in [0.3, 0.4) is 0 Å². The van der Waals surface area contributed by atoms with Crippen LogP contribution in [0.4, 0.5) is 0 Å². The molecule has 0 aliphatic carbocycles. The van der Waals surface area contributed by atoms with Crippen LogP contribution in [-0.2, 0) is 16.8 Å². The largest absolute Gasteiger partial charge is 0.380 e. The summed E-state index contributed by atoms with van der Waals surface area (Å²) in [5.74, 6) is 0.834. The standard InChI is InChI=1S/C14H18ClN3O/c1-14(2,3)12-16-17-13(15)18(12)11-8-6-5-7-10(11)9-19-4/h5-8H,9H2,1-4H3. The molecular weight excluding hydrogens is 262 g/mol. The maximum absolute atomic E-state index is 6.21. The van der Waals surface area contributed by atoms with Gasteiger partial charge < -0.3 is 4.74 Å². The second kappa shape index (κ2) is 5.31. The van der Waals surface area contributed by atoms with E-state index in [4.69, 9.17) is 16.3 Å². The molecule has 0 bridgehead atoms. The minimum absolute atomic E-state index is 0.139. The van der Waals surface area contributed by atoms with Gasteiger partial charge >= 0.3 is 0 Å². The molecule has 2 rings (SSSR count). The maximum Gasteiger partial charge on any atom is 0.229 e. The number of hydrogen-bond acceptors (Lipinski definition) is 3. The molecule has 0 saturated carbocycles. The molecule has 1 aromatic heterocycles. The summed E-state index contributed by atoms with van der Waals surface area (Å²) in [6.07, 6.45) is 0. The van der Waals surface area contributed by atoms with Gasteiger partial charge in [0.25, 0.3) is 0 Å². The van der Waals surface area contributed by atoms with Gasteiger partial charge in [0.05, 0.1) is 12.3 Å². The van der Waals surface area contributed by atoms with Crippen molar-refractivity contribution in [3.05, 3.63) is 40.9 Å². The van der Waals surface area contributed by atoms with E-state index in [0.29, 0.717) is 11.9 Å². The third-order valence-corrected chi connectivity index (χ3v) is 3.07. The van der Waals surface area contributed by atoms with Crippen LogP contribution in [-0.4, -0.2) is 21.9 Å².